The summed E-state index contributed by atoms with van der Waals surface area (Å²) in [5.74, 6) is 0.0793. The monoisotopic (exact) mass is 379 g/mol. The maximum absolute atomic E-state index is 11.8. The fourth-order valence-corrected chi connectivity index (χ4v) is 2.93. The van der Waals surface area contributed by atoms with E-state index in [-0.39, 0.29) is 24.9 Å². The Labute approximate surface area is 159 Å². The van der Waals surface area contributed by atoms with Crippen LogP contribution in [0, 0.1) is 0 Å². The van der Waals surface area contributed by atoms with Gasteiger partial charge in [-0.05, 0) is 36.4 Å². The number of benzene rings is 2. The van der Waals surface area contributed by atoms with Crippen LogP contribution < -0.4 is 10.1 Å². The minimum Gasteiger partial charge on any atom is -0.505 e. The highest BCUT2D eigenvalue weighted by Crippen LogP contribution is 2.34. The number of phenolic OH excluding ortho intramolecular Hbond substituents is 1. The molecule has 0 fully saturated rings. The van der Waals surface area contributed by atoms with Crippen molar-refractivity contribution in [1.29, 1.82) is 0 Å². The zero-order chi connectivity index (χ0) is 19.7. The van der Waals surface area contributed by atoms with Gasteiger partial charge in [0.25, 0.3) is 5.91 Å². The lowest BCUT2D eigenvalue weighted by atomic mass is 10.1. The molecule has 28 heavy (non-hydrogen) atoms. The lowest BCUT2D eigenvalue weighted by molar-refractivity contribution is 0.0963. The average Bonchev–Trinajstić information content (AvgIpc) is 3.15. The topological polar surface area (TPSA) is 122 Å². The number of carbonyl (C=O) groups excluding carboxylic acids is 1. The van der Waals surface area contributed by atoms with Crippen molar-refractivity contribution >= 4 is 27.7 Å². The number of aliphatic hydroxyl groups is 1. The first-order valence-corrected chi connectivity index (χ1v) is 8.56. The number of aromatic nitrogens is 4. The molecular formula is C19H17N5O4. The quantitative estimate of drug-likeness (QED) is 0.479. The van der Waals surface area contributed by atoms with Crippen LogP contribution in [-0.4, -0.2) is 56.4 Å². The van der Waals surface area contributed by atoms with Crippen LogP contribution >= 0.6 is 0 Å². The van der Waals surface area contributed by atoms with Gasteiger partial charge in [0.15, 0.2) is 5.75 Å². The molecule has 4 rings (SSSR count). The van der Waals surface area contributed by atoms with E-state index in [0.29, 0.717) is 38.9 Å². The van der Waals surface area contributed by atoms with Gasteiger partial charge in [-0.15, -0.1) is 15.0 Å². The first-order valence-electron chi connectivity index (χ1n) is 8.56. The Balaban J connectivity index is 1.80. The Morgan fingerprint density at radius 1 is 1.14 bits per heavy atom. The van der Waals surface area contributed by atoms with Crippen molar-refractivity contribution in [3.63, 3.8) is 0 Å². The van der Waals surface area contributed by atoms with E-state index >= 15 is 0 Å². The lowest BCUT2D eigenvalue weighted by Gasteiger charge is -2.10. The highest BCUT2D eigenvalue weighted by atomic mass is 16.5. The van der Waals surface area contributed by atoms with Crippen LogP contribution in [0.1, 0.15) is 10.4 Å². The molecular weight excluding hydrogens is 362 g/mol. The molecule has 1 amide bonds. The SMILES string of the molecule is CNC(=O)c1ccc2nn(-c3ccc4c(OCCO)nccc4c3O)nc2c1. The minimum atomic E-state index is -0.215. The molecule has 2 aromatic carbocycles. The van der Waals surface area contributed by atoms with Crippen LogP contribution in [0.25, 0.3) is 27.5 Å². The summed E-state index contributed by atoms with van der Waals surface area (Å²) in [5.41, 5.74) is 1.97. The average molecular weight is 379 g/mol. The normalized spacial score (nSPS) is 11.1. The number of nitrogens with zero attached hydrogens (tertiary/aromatic N) is 4. The molecule has 0 saturated carbocycles. The molecule has 9 heteroatoms. The Kier molecular flexibility index (Phi) is 4.50. The van der Waals surface area contributed by atoms with E-state index in [1.807, 2.05) is 0 Å². The van der Waals surface area contributed by atoms with Gasteiger partial charge in [-0.2, -0.15) is 0 Å². The van der Waals surface area contributed by atoms with Gasteiger partial charge in [-0.3, -0.25) is 4.79 Å². The molecule has 0 saturated heterocycles. The van der Waals surface area contributed by atoms with Crippen LogP contribution in [0.3, 0.4) is 0 Å². The Morgan fingerprint density at radius 2 is 1.96 bits per heavy atom. The number of nitrogens with one attached hydrogen (secondary N) is 1. The summed E-state index contributed by atoms with van der Waals surface area (Å²) in [6, 6.07) is 10.1. The molecule has 0 radical (unpaired) electrons. The van der Waals surface area contributed by atoms with Gasteiger partial charge in [0.05, 0.1) is 6.61 Å². The lowest BCUT2D eigenvalue weighted by Crippen LogP contribution is -2.17. The van der Waals surface area contributed by atoms with E-state index in [0.717, 1.165) is 0 Å². The second-order valence-corrected chi connectivity index (χ2v) is 5.99. The van der Waals surface area contributed by atoms with E-state index in [9.17, 15) is 9.90 Å². The Bertz CT molecular complexity index is 1190. The first kappa shape index (κ1) is 17.7. The number of ether oxygens (including phenoxy) is 1. The van der Waals surface area contributed by atoms with Crippen LogP contribution in [0.4, 0.5) is 0 Å². The molecule has 0 aliphatic heterocycles. The van der Waals surface area contributed by atoms with Gasteiger partial charge in [0, 0.05) is 29.6 Å². The second kappa shape index (κ2) is 7.12. The number of aromatic hydroxyl groups is 1. The number of hydrogen-bond acceptors (Lipinski definition) is 7. The van der Waals surface area contributed by atoms with E-state index in [4.69, 9.17) is 9.84 Å². The van der Waals surface area contributed by atoms with Gasteiger partial charge in [0.1, 0.15) is 23.3 Å². The van der Waals surface area contributed by atoms with Gasteiger partial charge < -0.3 is 20.3 Å². The van der Waals surface area contributed by atoms with E-state index in [2.05, 4.69) is 20.5 Å². The van der Waals surface area contributed by atoms with Crippen LogP contribution in [-0.2, 0) is 0 Å². The smallest absolute Gasteiger partial charge is 0.251 e. The van der Waals surface area contributed by atoms with E-state index < -0.39 is 0 Å². The number of pyridine rings is 1. The second-order valence-electron chi connectivity index (χ2n) is 5.99. The van der Waals surface area contributed by atoms with Crippen LogP contribution in [0.2, 0.25) is 0 Å². The third-order valence-electron chi connectivity index (χ3n) is 4.27. The zero-order valence-corrected chi connectivity index (χ0v) is 15.0. The summed E-state index contributed by atoms with van der Waals surface area (Å²) < 4.78 is 5.42. The summed E-state index contributed by atoms with van der Waals surface area (Å²) in [5, 5.41) is 32.2. The molecule has 0 spiro atoms. The first-order chi connectivity index (χ1) is 13.6. The molecule has 0 bridgehead atoms. The summed E-state index contributed by atoms with van der Waals surface area (Å²) >= 11 is 0. The predicted octanol–water partition coefficient (Wildman–Crippen LogP) is 1.40. The van der Waals surface area contributed by atoms with Crippen molar-refractivity contribution in [2.45, 2.75) is 0 Å². The number of carbonyl (C=O) groups is 1. The number of rotatable bonds is 5. The molecule has 0 aliphatic carbocycles. The van der Waals surface area contributed by atoms with Gasteiger partial charge in [-0.1, -0.05) is 0 Å². The highest BCUT2D eigenvalue weighted by molar-refractivity contribution is 5.97. The molecule has 2 aromatic heterocycles. The molecule has 2 heterocycles. The summed E-state index contributed by atoms with van der Waals surface area (Å²) in [6.45, 7) is -0.0294. The van der Waals surface area contributed by atoms with Crippen molar-refractivity contribution in [2.75, 3.05) is 20.3 Å². The van der Waals surface area contributed by atoms with Crippen molar-refractivity contribution in [2.24, 2.45) is 0 Å². The highest BCUT2D eigenvalue weighted by Gasteiger charge is 2.15. The molecule has 0 unspecified atom stereocenters. The molecule has 0 aliphatic rings. The molecule has 9 nitrogen and oxygen atoms in total. The number of phenols is 1. The van der Waals surface area contributed by atoms with Crippen molar-refractivity contribution in [3.8, 4) is 17.3 Å². The summed E-state index contributed by atoms with van der Waals surface area (Å²) in [6.07, 6.45) is 1.52. The largest absolute Gasteiger partial charge is 0.505 e. The van der Waals surface area contributed by atoms with Gasteiger partial charge in [-0.25, -0.2) is 4.98 Å². The van der Waals surface area contributed by atoms with E-state index in [1.165, 1.54) is 11.0 Å². The maximum Gasteiger partial charge on any atom is 0.251 e. The minimum absolute atomic E-state index is 0.0272. The summed E-state index contributed by atoms with van der Waals surface area (Å²) in [4.78, 5) is 17.3. The number of amides is 1. The fraction of sp³-hybridized carbons (Fsp3) is 0.158. The fourth-order valence-electron chi connectivity index (χ4n) is 2.93. The van der Waals surface area contributed by atoms with Gasteiger partial charge >= 0.3 is 0 Å². The van der Waals surface area contributed by atoms with Crippen molar-refractivity contribution < 1.29 is 19.7 Å². The maximum atomic E-state index is 11.8. The predicted molar refractivity (Wildman–Crippen MR) is 102 cm³/mol. The standard InChI is InChI=1S/C19H17N5O4/c1-20-18(27)11-2-4-14-15(10-11)23-24(22-14)16-5-3-13-12(17(16)26)6-7-21-19(13)28-9-8-25/h2-7,10,25-26H,8-9H2,1H3,(H,20,27). The zero-order valence-electron chi connectivity index (χ0n) is 15.0. The number of aliphatic hydroxyl groups excluding tert-OH is 1. The number of hydrogen-bond donors (Lipinski definition) is 3. The van der Waals surface area contributed by atoms with Crippen molar-refractivity contribution in [3.05, 3.63) is 48.2 Å². The Hall–Kier alpha value is -3.72. The third kappa shape index (κ3) is 2.97. The van der Waals surface area contributed by atoms with Crippen molar-refractivity contribution in [1.82, 2.24) is 25.3 Å². The molecule has 3 N–H and O–H groups in total. The number of fused-ring (bicyclic) bond motifs is 2. The third-order valence-corrected chi connectivity index (χ3v) is 4.27. The van der Waals surface area contributed by atoms with Crippen LogP contribution in [0.5, 0.6) is 11.6 Å². The van der Waals surface area contributed by atoms with Gasteiger partial charge in [0.2, 0.25) is 5.88 Å². The van der Waals surface area contributed by atoms with E-state index in [1.54, 1.807) is 43.4 Å². The molecule has 142 valence electrons. The molecule has 4 aromatic rings. The summed E-state index contributed by atoms with van der Waals surface area (Å²) in [7, 11) is 1.56. The van der Waals surface area contributed by atoms with Crippen LogP contribution in [0.15, 0.2) is 42.6 Å². The Morgan fingerprint density at radius 3 is 2.75 bits per heavy atom. The molecule has 0 atom stereocenters.